The van der Waals surface area contributed by atoms with E-state index in [-0.39, 0.29) is 16.6 Å². The van der Waals surface area contributed by atoms with Crippen molar-refractivity contribution in [2.75, 3.05) is 11.9 Å². The predicted molar refractivity (Wildman–Crippen MR) is 168 cm³/mol. The van der Waals surface area contributed by atoms with Crippen LogP contribution in [-0.2, 0) is 6.42 Å². The summed E-state index contributed by atoms with van der Waals surface area (Å²) in [5.41, 5.74) is 4.61. The highest BCUT2D eigenvalue weighted by atomic mass is 35.5. The number of carbonyl (C=O) groups excluding carboxylic acids is 1. The van der Waals surface area contributed by atoms with E-state index < -0.39 is 6.04 Å². The minimum absolute atomic E-state index is 0.189. The summed E-state index contributed by atoms with van der Waals surface area (Å²) in [6, 6.07) is 27.3. The van der Waals surface area contributed by atoms with Gasteiger partial charge in [0.2, 0.25) is 0 Å². The SMILES string of the molecule is Cc1ccc(-n2c(C(C)N(CCc3ccccc3)C(=O)Nc3cccc(Cl)c3Cl)nc3ccccc3c2=O)c(C)c1. The van der Waals surface area contributed by atoms with Gasteiger partial charge in [0.05, 0.1) is 38.4 Å². The van der Waals surface area contributed by atoms with Crippen LogP contribution in [0.1, 0.15) is 35.5 Å². The molecular formula is C33H30Cl2N4O2. The van der Waals surface area contributed by atoms with E-state index in [9.17, 15) is 9.59 Å². The maximum absolute atomic E-state index is 14.0. The number of aryl methyl sites for hydroxylation is 2. The zero-order valence-electron chi connectivity index (χ0n) is 23.1. The minimum atomic E-state index is -0.588. The molecule has 6 nitrogen and oxygen atoms in total. The first-order chi connectivity index (χ1) is 19.7. The summed E-state index contributed by atoms with van der Waals surface area (Å²) in [5.74, 6) is 0.459. The second-order valence-corrected chi connectivity index (χ2v) is 10.8. The number of nitrogens with one attached hydrogen (secondary N) is 1. The number of rotatable bonds is 7. The normalized spacial score (nSPS) is 11.8. The molecule has 5 rings (SSSR count). The number of amides is 2. The quantitative estimate of drug-likeness (QED) is 0.210. The van der Waals surface area contributed by atoms with E-state index >= 15 is 0 Å². The van der Waals surface area contributed by atoms with E-state index in [1.54, 1.807) is 33.7 Å². The zero-order chi connectivity index (χ0) is 29.1. The molecule has 0 aliphatic heterocycles. The molecule has 5 aromatic rings. The molecule has 4 aromatic carbocycles. The highest BCUT2D eigenvalue weighted by molar-refractivity contribution is 6.43. The van der Waals surface area contributed by atoms with E-state index in [1.807, 2.05) is 87.5 Å². The van der Waals surface area contributed by atoms with E-state index in [2.05, 4.69) is 5.32 Å². The van der Waals surface area contributed by atoms with Gasteiger partial charge in [0.15, 0.2) is 0 Å². The third-order valence-electron chi connectivity index (χ3n) is 7.17. The third-order valence-corrected chi connectivity index (χ3v) is 7.99. The number of nitrogens with zero attached hydrogens (tertiary/aromatic N) is 3. The van der Waals surface area contributed by atoms with Crippen LogP contribution in [-0.4, -0.2) is 27.0 Å². The molecule has 1 aromatic heterocycles. The molecule has 0 radical (unpaired) electrons. The van der Waals surface area contributed by atoms with Crippen molar-refractivity contribution < 1.29 is 4.79 Å². The number of aromatic nitrogens is 2. The van der Waals surface area contributed by atoms with Crippen LogP contribution in [0.15, 0.2) is 95.8 Å². The molecule has 0 aliphatic rings. The maximum Gasteiger partial charge on any atom is 0.322 e. The van der Waals surface area contributed by atoms with Crippen molar-refractivity contribution in [1.29, 1.82) is 0 Å². The summed E-state index contributed by atoms with van der Waals surface area (Å²) in [4.78, 5) is 34.6. The Hall–Kier alpha value is -4.13. The number of benzene rings is 4. The van der Waals surface area contributed by atoms with Crippen molar-refractivity contribution in [1.82, 2.24) is 14.5 Å². The molecule has 2 amide bonds. The van der Waals surface area contributed by atoms with Crippen molar-refractivity contribution in [2.45, 2.75) is 33.2 Å². The monoisotopic (exact) mass is 584 g/mol. The fourth-order valence-electron chi connectivity index (χ4n) is 5.01. The Kier molecular flexibility index (Phi) is 8.43. The fraction of sp³-hybridized carbons (Fsp3) is 0.182. The standard InChI is InChI=1S/C33H30Cl2N4O2/c1-21-16-17-29(22(2)20-21)39-31(36-27-14-8-7-12-25(27)32(39)40)23(3)38(19-18-24-10-5-4-6-11-24)33(41)37-28-15-9-13-26(34)30(28)35/h4-17,20,23H,18-19H2,1-3H3,(H,37,41). The molecule has 1 atom stereocenters. The Morgan fingerprint density at radius 2 is 1.68 bits per heavy atom. The first-order valence-corrected chi connectivity index (χ1v) is 14.1. The summed E-state index contributed by atoms with van der Waals surface area (Å²) in [5, 5.41) is 4.03. The second-order valence-electron chi connectivity index (χ2n) is 10.1. The summed E-state index contributed by atoms with van der Waals surface area (Å²) in [7, 11) is 0. The molecule has 1 N–H and O–H groups in total. The minimum Gasteiger partial charge on any atom is -0.314 e. The molecule has 0 bridgehead atoms. The van der Waals surface area contributed by atoms with Gasteiger partial charge in [-0.1, -0.05) is 89.4 Å². The van der Waals surface area contributed by atoms with Crippen LogP contribution in [0.5, 0.6) is 0 Å². The van der Waals surface area contributed by atoms with Gasteiger partial charge in [-0.3, -0.25) is 9.36 Å². The lowest BCUT2D eigenvalue weighted by Gasteiger charge is -2.31. The van der Waals surface area contributed by atoms with Gasteiger partial charge in [-0.05, 0) is 68.7 Å². The molecule has 0 saturated heterocycles. The molecule has 0 saturated carbocycles. The van der Waals surface area contributed by atoms with Crippen LogP contribution in [0, 0.1) is 13.8 Å². The van der Waals surface area contributed by atoms with Crippen molar-refractivity contribution in [3.63, 3.8) is 0 Å². The van der Waals surface area contributed by atoms with Gasteiger partial charge in [0.1, 0.15) is 5.82 Å². The Morgan fingerprint density at radius 1 is 0.951 bits per heavy atom. The van der Waals surface area contributed by atoms with Gasteiger partial charge < -0.3 is 10.2 Å². The number of hydrogen-bond donors (Lipinski definition) is 1. The lowest BCUT2D eigenvalue weighted by molar-refractivity contribution is 0.190. The molecule has 1 unspecified atom stereocenters. The number of halogens is 2. The first-order valence-electron chi connectivity index (χ1n) is 13.4. The highest BCUT2D eigenvalue weighted by Crippen LogP contribution is 2.31. The molecule has 208 valence electrons. The Bertz CT molecular complexity index is 1790. The molecule has 41 heavy (non-hydrogen) atoms. The fourth-order valence-corrected chi connectivity index (χ4v) is 5.36. The van der Waals surface area contributed by atoms with Crippen LogP contribution >= 0.6 is 23.2 Å². The van der Waals surface area contributed by atoms with Gasteiger partial charge >= 0.3 is 6.03 Å². The Balaban J connectivity index is 1.63. The summed E-state index contributed by atoms with van der Waals surface area (Å²) < 4.78 is 1.64. The summed E-state index contributed by atoms with van der Waals surface area (Å²) in [6.07, 6.45) is 0.600. The number of fused-ring (bicyclic) bond motifs is 1. The van der Waals surface area contributed by atoms with Gasteiger partial charge in [-0.15, -0.1) is 0 Å². The van der Waals surface area contributed by atoms with E-state index in [0.29, 0.717) is 40.4 Å². The topological polar surface area (TPSA) is 67.2 Å². The Morgan fingerprint density at radius 3 is 2.44 bits per heavy atom. The largest absolute Gasteiger partial charge is 0.322 e. The van der Waals surface area contributed by atoms with Crippen molar-refractivity contribution in [3.8, 4) is 5.69 Å². The average molecular weight is 586 g/mol. The Labute approximate surface area is 249 Å². The molecule has 8 heteroatoms. The lowest BCUT2D eigenvalue weighted by Crippen LogP contribution is -2.41. The highest BCUT2D eigenvalue weighted by Gasteiger charge is 2.28. The number of carbonyl (C=O) groups is 1. The number of anilines is 1. The maximum atomic E-state index is 14.0. The van der Waals surface area contributed by atoms with Crippen molar-refractivity contribution in [3.05, 3.63) is 134 Å². The van der Waals surface area contributed by atoms with Crippen molar-refractivity contribution in [2.24, 2.45) is 0 Å². The number of para-hydroxylation sites is 1. The van der Waals surface area contributed by atoms with E-state index in [1.165, 1.54) is 0 Å². The van der Waals surface area contributed by atoms with Gasteiger partial charge in [0.25, 0.3) is 5.56 Å². The number of urea groups is 1. The van der Waals surface area contributed by atoms with E-state index in [4.69, 9.17) is 28.2 Å². The van der Waals surface area contributed by atoms with E-state index in [0.717, 1.165) is 22.4 Å². The zero-order valence-corrected chi connectivity index (χ0v) is 24.6. The average Bonchev–Trinajstić information content (AvgIpc) is 2.96. The van der Waals surface area contributed by atoms with Crippen LogP contribution in [0.2, 0.25) is 10.0 Å². The van der Waals surface area contributed by atoms with Crippen molar-refractivity contribution >= 4 is 45.8 Å². The summed E-state index contributed by atoms with van der Waals surface area (Å²) >= 11 is 12.6. The predicted octanol–water partition coefficient (Wildman–Crippen LogP) is 8.15. The van der Waals surface area contributed by atoms with Crippen LogP contribution in [0.3, 0.4) is 0 Å². The van der Waals surface area contributed by atoms with Crippen LogP contribution in [0.4, 0.5) is 10.5 Å². The first kappa shape index (κ1) is 28.4. The molecule has 0 spiro atoms. The third kappa shape index (κ3) is 5.99. The smallest absolute Gasteiger partial charge is 0.314 e. The van der Waals surface area contributed by atoms with Crippen LogP contribution in [0.25, 0.3) is 16.6 Å². The summed E-state index contributed by atoms with van der Waals surface area (Å²) in [6.45, 7) is 6.24. The van der Waals surface area contributed by atoms with Gasteiger partial charge in [0, 0.05) is 6.54 Å². The molecule has 1 heterocycles. The molecule has 0 aliphatic carbocycles. The lowest BCUT2D eigenvalue weighted by atomic mass is 10.1. The molecular weight excluding hydrogens is 555 g/mol. The van der Waals surface area contributed by atoms with Gasteiger partial charge in [-0.2, -0.15) is 0 Å². The van der Waals surface area contributed by atoms with Gasteiger partial charge in [-0.25, -0.2) is 9.78 Å². The number of hydrogen-bond acceptors (Lipinski definition) is 3. The van der Waals surface area contributed by atoms with Crippen LogP contribution < -0.4 is 10.9 Å². The molecule has 0 fully saturated rings. The second kappa shape index (κ2) is 12.2.